The molecular formula is C7H9ClN2O. The molecule has 0 bridgehead atoms. The van der Waals surface area contributed by atoms with Gasteiger partial charge in [-0.05, 0) is 12.1 Å². The first-order chi connectivity index (χ1) is 5.24. The Labute approximate surface area is 69.8 Å². The summed E-state index contributed by atoms with van der Waals surface area (Å²) in [7, 11) is 0. The number of hydrogen-bond acceptors (Lipinski definition) is 3. The first kappa shape index (κ1) is 8.46. The van der Waals surface area contributed by atoms with E-state index in [0.29, 0.717) is 10.7 Å². The summed E-state index contributed by atoms with van der Waals surface area (Å²) in [6.07, 6.45) is 1.56. The van der Waals surface area contributed by atoms with Crippen LogP contribution in [-0.4, -0.2) is 16.7 Å². The minimum Gasteiger partial charge on any atom is -0.394 e. The molecule has 0 saturated carbocycles. The molecule has 0 aliphatic rings. The van der Waals surface area contributed by atoms with Crippen LogP contribution in [0.15, 0.2) is 18.3 Å². The van der Waals surface area contributed by atoms with Gasteiger partial charge in [-0.2, -0.15) is 0 Å². The molecule has 0 radical (unpaired) electrons. The second-order valence-electron chi connectivity index (χ2n) is 2.19. The van der Waals surface area contributed by atoms with Crippen LogP contribution in [0.25, 0.3) is 0 Å². The van der Waals surface area contributed by atoms with Gasteiger partial charge in [-0.3, -0.25) is 4.98 Å². The Morgan fingerprint density at radius 1 is 1.73 bits per heavy atom. The predicted octanol–water partition coefficient (Wildman–Crippen LogP) is 0.727. The van der Waals surface area contributed by atoms with E-state index in [2.05, 4.69) is 4.98 Å². The number of nitrogens with zero attached hydrogens (tertiary/aromatic N) is 1. The van der Waals surface area contributed by atoms with Gasteiger partial charge in [0.25, 0.3) is 0 Å². The number of halogens is 1. The Morgan fingerprint density at radius 3 is 3.00 bits per heavy atom. The van der Waals surface area contributed by atoms with Crippen molar-refractivity contribution in [2.24, 2.45) is 5.73 Å². The van der Waals surface area contributed by atoms with E-state index < -0.39 is 6.04 Å². The van der Waals surface area contributed by atoms with Crippen molar-refractivity contribution in [2.45, 2.75) is 6.04 Å². The minimum atomic E-state index is -0.436. The Kier molecular flexibility index (Phi) is 2.82. The number of aliphatic hydroxyl groups is 1. The molecule has 60 valence electrons. The highest BCUT2D eigenvalue weighted by molar-refractivity contribution is 6.30. The average Bonchev–Trinajstić information content (AvgIpc) is 2.03. The summed E-state index contributed by atoms with van der Waals surface area (Å²) < 4.78 is 0. The van der Waals surface area contributed by atoms with E-state index in [4.69, 9.17) is 22.4 Å². The zero-order valence-electron chi connectivity index (χ0n) is 5.87. The third-order valence-electron chi connectivity index (χ3n) is 1.32. The third-order valence-corrected chi connectivity index (χ3v) is 1.55. The maximum absolute atomic E-state index is 8.67. The molecule has 0 amide bonds. The number of rotatable bonds is 2. The molecule has 11 heavy (non-hydrogen) atoms. The van der Waals surface area contributed by atoms with Crippen molar-refractivity contribution < 1.29 is 5.11 Å². The molecular weight excluding hydrogens is 164 g/mol. The maximum Gasteiger partial charge on any atom is 0.0705 e. The van der Waals surface area contributed by atoms with Gasteiger partial charge < -0.3 is 10.8 Å². The van der Waals surface area contributed by atoms with Gasteiger partial charge in [0.15, 0.2) is 0 Å². The minimum absolute atomic E-state index is 0.118. The van der Waals surface area contributed by atoms with Gasteiger partial charge >= 0.3 is 0 Å². The van der Waals surface area contributed by atoms with E-state index in [-0.39, 0.29) is 6.61 Å². The van der Waals surface area contributed by atoms with Crippen LogP contribution in [-0.2, 0) is 0 Å². The third kappa shape index (κ3) is 2.15. The highest BCUT2D eigenvalue weighted by Gasteiger charge is 2.04. The number of pyridine rings is 1. The number of aromatic nitrogens is 1. The van der Waals surface area contributed by atoms with Crippen molar-refractivity contribution in [3.63, 3.8) is 0 Å². The van der Waals surface area contributed by atoms with Crippen molar-refractivity contribution in [3.8, 4) is 0 Å². The van der Waals surface area contributed by atoms with Crippen molar-refractivity contribution in [3.05, 3.63) is 29.0 Å². The Morgan fingerprint density at radius 2 is 2.45 bits per heavy atom. The van der Waals surface area contributed by atoms with Crippen molar-refractivity contribution in [1.29, 1.82) is 0 Å². The molecule has 3 nitrogen and oxygen atoms in total. The highest BCUT2D eigenvalue weighted by atomic mass is 35.5. The second-order valence-corrected chi connectivity index (χ2v) is 2.62. The molecule has 1 aromatic rings. The molecule has 1 atom stereocenters. The molecule has 3 N–H and O–H groups in total. The van der Waals surface area contributed by atoms with Gasteiger partial charge in [0, 0.05) is 11.2 Å². The molecule has 0 spiro atoms. The largest absolute Gasteiger partial charge is 0.394 e. The molecule has 1 aromatic heterocycles. The van der Waals surface area contributed by atoms with E-state index >= 15 is 0 Å². The zero-order valence-corrected chi connectivity index (χ0v) is 6.62. The van der Waals surface area contributed by atoms with Gasteiger partial charge in [0.2, 0.25) is 0 Å². The van der Waals surface area contributed by atoms with Crippen LogP contribution in [0.2, 0.25) is 5.02 Å². The van der Waals surface area contributed by atoms with Crippen LogP contribution in [0.3, 0.4) is 0 Å². The molecule has 0 aliphatic carbocycles. The topological polar surface area (TPSA) is 59.1 Å². The summed E-state index contributed by atoms with van der Waals surface area (Å²) >= 11 is 5.67. The lowest BCUT2D eigenvalue weighted by molar-refractivity contribution is 0.266. The van der Waals surface area contributed by atoms with Crippen LogP contribution in [0.5, 0.6) is 0 Å². The lowest BCUT2D eigenvalue weighted by Crippen LogP contribution is -2.15. The molecule has 0 unspecified atom stereocenters. The first-order valence-corrected chi connectivity index (χ1v) is 3.59. The molecule has 0 fully saturated rings. The number of aliphatic hydroxyl groups excluding tert-OH is 1. The molecule has 4 heteroatoms. The fourth-order valence-electron chi connectivity index (χ4n) is 0.717. The number of hydrogen-bond donors (Lipinski definition) is 2. The van der Waals surface area contributed by atoms with E-state index in [9.17, 15) is 0 Å². The molecule has 1 heterocycles. The Balaban J connectivity index is 2.86. The SMILES string of the molecule is N[C@@H](CO)c1cc(Cl)ccn1. The summed E-state index contributed by atoms with van der Waals surface area (Å²) in [4.78, 5) is 3.94. The Hall–Kier alpha value is -0.640. The normalized spacial score (nSPS) is 13.0. The van der Waals surface area contributed by atoms with Crippen LogP contribution >= 0.6 is 11.6 Å². The van der Waals surface area contributed by atoms with Crippen LogP contribution in [0, 0.1) is 0 Å². The lowest BCUT2D eigenvalue weighted by atomic mass is 10.2. The monoisotopic (exact) mass is 172 g/mol. The summed E-state index contributed by atoms with van der Waals surface area (Å²) in [5.74, 6) is 0. The van der Waals surface area contributed by atoms with Gasteiger partial charge in [-0.25, -0.2) is 0 Å². The first-order valence-electron chi connectivity index (χ1n) is 3.22. The lowest BCUT2D eigenvalue weighted by Gasteiger charge is -2.06. The fourth-order valence-corrected chi connectivity index (χ4v) is 0.886. The van der Waals surface area contributed by atoms with E-state index in [0.717, 1.165) is 0 Å². The maximum atomic E-state index is 8.67. The summed E-state index contributed by atoms with van der Waals surface area (Å²) in [5, 5.41) is 9.25. The quantitative estimate of drug-likeness (QED) is 0.692. The van der Waals surface area contributed by atoms with Crippen molar-refractivity contribution in [1.82, 2.24) is 4.98 Å². The van der Waals surface area contributed by atoms with Crippen LogP contribution in [0.4, 0.5) is 0 Å². The van der Waals surface area contributed by atoms with Crippen molar-refractivity contribution >= 4 is 11.6 Å². The smallest absolute Gasteiger partial charge is 0.0705 e. The summed E-state index contributed by atoms with van der Waals surface area (Å²) in [6, 6.07) is 2.87. The molecule has 0 aromatic carbocycles. The van der Waals surface area contributed by atoms with Gasteiger partial charge in [0.05, 0.1) is 18.3 Å². The van der Waals surface area contributed by atoms with Crippen molar-refractivity contribution in [2.75, 3.05) is 6.61 Å². The zero-order chi connectivity index (χ0) is 8.27. The predicted molar refractivity (Wildman–Crippen MR) is 43.3 cm³/mol. The summed E-state index contributed by atoms with van der Waals surface area (Å²) in [5.41, 5.74) is 6.10. The standard InChI is InChI=1S/C7H9ClN2O/c8-5-1-2-10-7(3-5)6(9)4-11/h1-3,6,11H,4,9H2/t6-/m0/s1. The van der Waals surface area contributed by atoms with E-state index in [1.807, 2.05) is 0 Å². The van der Waals surface area contributed by atoms with Crippen LogP contribution in [0.1, 0.15) is 11.7 Å². The van der Waals surface area contributed by atoms with Crippen LogP contribution < -0.4 is 5.73 Å². The molecule has 0 aliphatic heterocycles. The number of nitrogens with two attached hydrogens (primary N) is 1. The fraction of sp³-hybridized carbons (Fsp3) is 0.286. The second kappa shape index (κ2) is 3.67. The van der Waals surface area contributed by atoms with Gasteiger partial charge in [-0.1, -0.05) is 11.6 Å². The highest BCUT2D eigenvalue weighted by Crippen LogP contribution is 2.12. The van der Waals surface area contributed by atoms with Gasteiger partial charge in [-0.15, -0.1) is 0 Å². The molecule has 1 rings (SSSR count). The van der Waals surface area contributed by atoms with E-state index in [1.165, 1.54) is 0 Å². The Bertz CT molecular complexity index is 242. The van der Waals surface area contributed by atoms with E-state index in [1.54, 1.807) is 18.3 Å². The molecule has 0 saturated heterocycles. The van der Waals surface area contributed by atoms with Gasteiger partial charge in [0.1, 0.15) is 0 Å². The summed E-state index contributed by atoms with van der Waals surface area (Å²) in [6.45, 7) is -0.118. The average molecular weight is 173 g/mol.